The van der Waals surface area contributed by atoms with Crippen LogP contribution >= 0.6 is 0 Å². The topological polar surface area (TPSA) is 30.5 Å². The molecule has 0 aliphatic heterocycles. The minimum absolute atomic E-state index is 0.148. The minimum atomic E-state index is 0.148. The van der Waals surface area contributed by atoms with Gasteiger partial charge in [-0.1, -0.05) is 44.2 Å². The van der Waals surface area contributed by atoms with Crippen LogP contribution in [-0.4, -0.2) is 39.5 Å². The predicted molar refractivity (Wildman–Crippen MR) is 84.1 cm³/mol. The molecule has 1 aromatic rings. The van der Waals surface area contributed by atoms with E-state index in [4.69, 9.17) is 9.47 Å². The van der Waals surface area contributed by atoms with Crippen molar-refractivity contribution in [2.75, 3.05) is 33.4 Å². The van der Waals surface area contributed by atoms with Crippen molar-refractivity contribution >= 4 is 0 Å². The van der Waals surface area contributed by atoms with Crippen LogP contribution in [0.25, 0.3) is 0 Å². The van der Waals surface area contributed by atoms with Gasteiger partial charge in [-0.15, -0.1) is 0 Å². The smallest absolute Gasteiger partial charge is 0.0932 e. The van der Waals surface area contributed by atoms with Crippen LogP contribution in [0.5, 0.6) is 0 Å². The number of hydrogen-bond acceptors (Lipinski definition) is 3. The Balaban J connectivity index is 2.14. The minimum Gasteiger partial charge on any atom is -0.382 e. The molecule has 1 atom stereocenters. The van der Waals surface area contributed by atoms with E-state index in [0.29, 0.717) is 12.5 Å². The molecule has 3 heteroatoms. The van der Waals surface area contributed by atoms with Crippen LogP contribution in [0.3, 0.4) is 0 Å². The van der Waals surface area contributed by atoms with Crippen molar-refractivity contribution < 1.29 is 9.47 Å². The Morgan fingerprint density at radius 1 is 1.10 bits per heavy atom. The van der Waals surface area contributed by atoms with E-state index in [1.807, 2.05) is 0 Å². The first-order valence-corrected chi connectivity index (χ1v) is 7.57. The van der Waals surface area contributed by atoms with Gasteiger partial charge < -0.3 is 14.8 Å². The maximum absolute atomic E-state index is 5.90. The Labute approximate surface area is 123 Å². The highest BCUT2D eigenvalue weighted by Crippen LogP contribution is 2.03. The maximum atomic E-state index is 5.90. The number of rotatable bonds is 11. The lowest BCUT2D eigenvalue weighted by atomic mass is 10.1. The van der Waals surface area contributed by atoms with E-state index in [-0.39, 0.29) is 6.10 Å². The predicted octanol–water partition coefficient (Wildman–Crippen LogP) is 2.90. The zero-order valence-corrected chi connectivity index (χ0v) is 13.1. The molecule has 1 aromatic carbocycles. The van der Waals surface area contributed by atoms with Crippen molar-refractivity contribution in [1.82, 2.24) is 5.32 Å². The number of benzene rings is 1. The number of methoxy groups -OCH3 is 1. The Hall–Kier alpha value is -0.900. The third-order valence-corrected chi connectivity index (χ3v) is 3.08. The van der Waals surface area contributed by atoms with Crippen molar-refractivity contribution in [2.45, 2.75) is 32.8 Å². The van der Waals surface area contributed by atoms with Gasteiger partial charge in [0.2, 0.25) is 0 Å². The van der Waals surface area contributed by atoms with Gasteiger partial charge in [-0.05, 0) is 30.9 Å². The molecule has 1 N–H and O–H groups in total. The molecule has 0 amide bonds. The van der Waals surface area contributed by atoms with Gasteiger partial charge in [0.05, 0.1) is 12.7 Å². The molecule has 0 fully saturated rings. The summed E-state index contributed by atoms with van der Waals surface area (Å²) in [5.74, 6) is 0.663. The summed E-state index contributed by atoms with van der Waals surface area (Å²) in [6, 6.07) is 10.5. The summed E-state index contributed by atoms with van der Waals surface area (Å²) in [6.45, 7) is 7.73. The zero-order valence-electron chi connectivity index (χ0n) is 13.1. The van der Waals surface area contributed by atoms with Gasteiger partial charge in [0.25, 0.3) is 0 Å². The summed E-state index contributed by atoms with van der Waals surface area (Å²) >= 11 is 0. The van der Waals surface area contributed by atoms with Crippen LogP contribution < -0.4 is 5.32 Å². The standard InChI is InChI=1S/C17H29NO2/c1-15(2)12-18-13-17(14-19-3)20-11-7-10-16-8-5-4-6-9-16/h4-6,8-9,15,17-18H,7,10-14H2,1-3H3. The summed E-state index contributed by atoms with van der Waals surface area (Å²) in [5.41, 5.74) is 1.37. The molecule has 0 aliphatic carbocycles. The molecule has 20 heavy (non-hydrogen) atoms. The summed E-state index contributed by atoms with van der Waals surface area (Å²) in [6.07, 6.45) is 2.27. The first-order valence-electron chi connectivity index (χ1n) is 7.57. The molecule has 0 saturated heterocycles. The van der Waals surface area contributed by atoms with E-state index < -0.39 is 0 Å². The highest BCUT2D eigenvalue weighted by atomic mass is 16.5. The fourth-order valence-electron chi connectivity index (χ4n) is 2.06. The van der Waals surface area contributed by atoms with Crippen molar-refractivity contribution in [3.05, 3.63) is 35.9 Å². The largest absolute Gasteiger partial charge is 0.382 e. The third kappa shape index (κ3) is 8.31. The van der Waals surface area contributed by atoms with Crippen molar-refractivity contribution in [3.8, 4) is 0 Å². The van der Waals surface area contributed by atoms with Crippen LogP contribution in [-0.2, 0) is 15.9 Å². The number of aryl methyl sites for hydroxylation is 1. The van der Waals surface area contributed by atoms with Gasteiger partial charge in [0.1, 0.15) is 0 Å². The van der Waals surface area contributed by atoms with Crippen LogP contribution in [0.1, 0.15) is 25.8 Å². The maximum Gasteiger partial charge on any atom is 0.0932 e. The molecular weight excluding hydrogens is 250 g/mol. The lowest BCUT2D eigenvalue weighted by Crippen LogP contribution is -2.34. The van der Waals surface area contributed by atoms with Gasteiger partial charge in [-0.2, -0.15) is 0 Å². The van der Waals surface area contributed by atoms with E-state index in [9.17, 15) is 0 Å². The fraction of sp³-hybridized carbons (Fsp3) is 0.647. The zero-order chi connectivity index (χ0) is 14.6. The summed E-state index contributed by atoms with van der Waals surface area (Å²) in [4.78, 5) is 0. The van der Waals surface area contributed by atoms with E-state index in [0.717, 1.165) is 32.5 Å². The fourth-order valence-corrected chi connectivity index (χ4v) is 2.06. The summed E-state index contributed by atoms with van der Waals surface area (Å²) < 4.78 is 11.1. The quantitative estimate of drug-likeness (QED) is 0.632. The van der Waals surface area contributed by atoms with Gasteiger partial charge in [-0.25, -0.2) is 0 Å². The van der Waals surface area contributed by atoms with E-state index in [2.05, 4.69) is 49.5 Å². The van der Waals surface area contributed by atoms with Crippen molar-refractivity contribution in [2.24, 2.45) is 5.92 Å². The van der Waals surface area contributed by atoms with Crippen LogP contribution in [0.2, 0.25) is 0 Å². The van der Waals surface area contributed by atoms with Crippen molar-refractivity contribution in [1.29, 1.82) is 0 Å². The first-order chi connectivity index (χ1) is 9.72. The lowest BCUT2D eigenvalue weighted by Gasteiger charge is -2.18. The Morgan fingerprint density at radius 2 is 1.85 bits per heavy atom. The Bertz CT molecular complexity index is 327. The second-order valence-corrected chi connectivity index (χ2v) is 5.59. The molecule has 114 valence electrons. The molecule has 3 nitrogen and oxygen atoms in total. The first kappa shape index (κ1) is 17.2. The molecule has 0 radical (unpaired) electrons. The normalized spacial score (nSPS) is 12.8. The third-order valence-electron chi connectivity index (χ3n) is 3.08. The SMILES string of the molecule is COCC(CNCC(C)C)OCCCc1ccccc1. The number of ether oxygens (including phenoxy) is 2. The highest BCUT2D eigenvalue weighted by Gasteiger charge is 2.08. The van der Waals surface area contributed by atoms with E-state index in [1.165, 1.54) is 5.56 Å². The average Bonchev–Trinajstić information content (AvgIpc) is 2.44. The molecule has 0 heterocycles. The highest BCUT2D eigenvalue weighted by molar-refractivity contribution is 5.14. The second kappa shape index (κ2) is 10.8. The molecule has 1 unspecified atom stereocenters. The van der Waals surface area contributed by atoms with Crippen LogP contribution in [0, 0.1) is 5.92 Å². The second-order valence-electron chi connectivity index (χ2n) is 5.59. The van der Waals surface area contributed by atoms with Crippen LogP contribution in [0.4, 0.5) is 0 Å². The molecule has 0 bridgehead atoms. The molecule has 1 rings (SSSR count). The lowest BCUT2D eigenvalue weighted by molar-refractivity contribution is -0.00196. The van der Waals surface area contributed by atoms with E-state index >= 15 is 0 Å². The van der Waals surface area contributed by atoms with Gasteiger partial charge >= 0.3 is 0 Å². The Kier molecular flexibility index (Phi) is 9.29. The monoisotopic (exact) mass is 279 g/mol. The Morgan fingerprint density at radius 3 is 2.50 bits per heavy atom. The summed E-state index contributed by atoms with van der Waals surface area (Å²) in [5, 5.41) is 3.42. The van der Waals surface area contributed by atoms with Crippen molar-refractivity contribution in [3.63, 3.8) is 0 Å². The molecule has 0 spiro atoms. The van der Waals surface area contributed by atoms with Gasteiger partial charge in [-0.3, -0.25) is 0 Å². The molecule has 0 aliphatic rings. The van der Waals surface area contributed by atoms with Gasteiger partial charge in [0.15, 0.2) is 0 Å². The number of hydrogen-bond donors (Lipinski definition) is 1. The molecule has 0 aromatic heterocycles. The van der Waals surface area contributed by atoms with Crippen LogP contribution in [0.15, 0.2) is 30.3 Å². The molecule has 0 saturated carbocycles. The summed E-state index contributed by atoms with van der Waals surface area (Å²) in [7, 11) is 1.72. The average molecular weight is 279 g/mol. The molecular formula is C17H29NO2. The van der Waals surface area contributed by atoms with E-state index in [1.54, 1.807) is 7.11 Å². The number of nitrogens with one attached hydrogen (secondary N) is 1. The van der Waals surface area contributed by atoms with Gasteiger partial charge in [0, 0.05) is 20.3 Å².